The largest absolute Gasteiger partial charge is 0.493 e. The molecule has 0 spiro atoms. The molecule has 26 heavy (non-hydrogen) atoms. The Labute approximate surface area is 154 Å². The summed E-state index contributed by atoms with van der Waals surface area (Å²) in [6.45, 7) is 4.70. The van der Waals surface area contributed by atoms with Gasteiger partial charge in [-0.3, -0.25) is 4.99 Å². The van der Waals surface area contributed by atoms with Gasteiger partial charge in [-0.15, -0.1) is 0 Å². The Morgan fingerprint density at radius 1 is 0.846 bits per heavy atom. The van der Waals surface area contributed by atoms with Crippen molar-refractivity contribution in [1.82, 2.24) is 0 Å². The summed E-state index contributed by atoms with van der Waals surface area (Å²) in [5.74, 6) is 1.42. The number of hydrogen-bond donors (Lipinski definition) is 0. The van der Waals surface area contributed by atoms with E-state index in [0.717, 1.165) is 22.6 Å². The second kappa shape index (κ2) is 8.34. The van der Waals surface area contributed by atoms with Gasteiger partial charge >= 0.3 is 0 Å². The molecule has 132 valence electrons. The minimum absolute atomic E-state index is 0.507. The fourth-order valence-electron chi connectivity index (χ4n) is 2.57. The Morgan fingerprint density at radius 2 is 1.65 bits per heavy atom. The Hall–Kier alpha value is -3.07. The first-order valence-corrected chi connectivity index (χ1v) is 8.62. The number of nitrogens with zero attached hydrogens (tertiary/aromatic N) is 1. The Bertz CT molecular complexity index is 901. The summed E-state index contributed by atoms with van der Waals surface area (Å²) < 4.78 is 11.4. The van der Waals surface area contributed by atoms with Crippen molar-refractivity contribution in [3.8, 4) is 11.5 Å². The van der Waals surface area contributed by atoms with Gasteiger partial charge in [0.05, 0.1) is 12.8 Å². The van der Waals surface area contributed by atoms with E-state index >= 15 is 0 Å². The molecule has 3 aromatic carbocycles. The van der Waals surface area contributed by atoms with Crippen LogP contribution in [0.25, 0.3) is 0 Å². The van der Waals surface area contributed by atoms with E-state index in [1.54, 1.807) is 7.11 Å². The van der Waals surface area contributed by atoms with Crippen LogP contribution < -0.4 is 9.47 Å². The molecule has 3 aromatic rings. The summed E-state index contributed by atoms with van der Waals surface area (Å²) in [5.41, 5.74) is 5.53. The second-order valence-corrected chi connectivity index (χ2v) is 6.21. The summed E-state index contributed by atoms with van der Waals surface area (Å²) in [6, 6.07) is 22.1. The van der Waals surface area contributed by atoms with E-state index in [1.807, 2.05) is 60.8 Å². The minimum atomic E-state index is 0.507. The maximum Gasteiger partial charge on any atom is 0.161 e. The van der Waals surface area contributed by atoms with Crippen molar-refractivity contribution in [2.45, 2.75) is 20.5 Å². The summed E-state index contributed by atoms with van der Waals surface area (Å²) in [5, 5.41) is 0. The van der Waals surface area contributed by atoms with E-state index in [9.17, 15) is 0 Å². The van der Waals surface area contributed by atoms with Crippen molar-refractivity contribution in [3.05, 3.63) is 89.0 Å². The SMILES string of the molecule is COc1cc(C=Nc2ccc(C)c(C)c2)ccc1OCc1ccccc1. The highest BCUT2D eigenvalue weighted by atomic mass is 16.5. The van der Waals surface area contributed by atoms with Gasteiger partial charge in [0.15, 0.2) is 11.5 Å². The van der Waals surface area contributed by atoms with E-state index in [0.29, 0.717) is 12.4 Å². The monoisotopic (exact) mass is 345 g/mol. The summed E-state index contributed by atoms with van der Waals surface area (Å²) in [6.07, 6.45) is 1.84. The van der Waals surface area contributed by atoms with Crippen LogP contribution in [0.15, 0.2) is 71.7 Å². The zero-order valence-electron chi connectivity index (χ0n) is 15.4. The molecule has 0 amide bonds. The molecule has 0 aliphatic carbocycles. The predicted octanol–water partition coefficient (Wildman–Crippen LogP) is 5.64. The zero-order valence-corrected chi connectivity index (χ0v) is 15.4. The van der Waals surface area contributed by atoms with Crippen molar-refractivity contribution < 1.29 is 9.47 Å². The molecule has 0 aliphatic rings. The lowest BCUT2D eigenvalue weighted by Crippen LogP contribution is -1.98. The molecule has 0 bridgehead atoms. The summed E-state index contributed by atoms with van der Waals surface area (Å²) in [7, 11) is 1.65. The van der Waals surface area contributed by atoms with Crippen LogP contribution in [0.3, 0.4) is 0 Å². The van der Waals surface area contributed by atoms with Crippen molar-refractivity contribution in [3.63, 3.8) is 0 Å². The van der Waals surface area contributed by atoms with E-state index in [2.05, 4.69) is 31.0 Å². The van der Waals surface area contributed by atoms with Gasteiger partial charge in [0.1, 0.15) is 6.61 Å². The molecule has 0 fully saturated rings. The highest BCUT2D eigenvalue weighted by Gasteiger charge is 2.05. The van der Waals surface area contributed by atoms with Crippen LogP contribution in [-0.4, -0.2) is 13.3 Å². The van der Waals surface area contributed by atoms with E-state index < -0.39 is 0 Å². The van der Waals surface area contributed by atoms with E-state index in [1.165, 1.54) is 11.1 Å². The molecule has 0 aromatic heterocycles. The van der Waals surface area contributed by atoms with Gasteiger partial charge in [-0.1, -0.05) is 36.4 Å². The highest BCUT2D eigenvalue weighted by Crippen LogP contribution is 2.28. The number of aryl methyl sites for hydroxylation is 2. The minimum Gasteiger partial charge on any atom is -0.493 e. The standard InChI is InChI=1S/C23H23NO2/c1-17-9-11-21(13-18(17)2)24-15-20-10-12-22(23(14-20)25-3)26-16-19-7-5-4-6-8-19/h4-15H,16H2,1-3H3. The number of hydrogen-bond acceptors (Lipinski definition) is 3. The zero-order chi connectivity index (χ0) is 18.4. The van der Waals surface area contributed by atoms with Crippen LogP contribution in [0.4, 0.5) is 5.69 Å². The lowest BCUT2D eigenvalue weighted by molar-refractivity contribution is 0.284. The quantitative estimate of drug-likeness (QED) is 0.541. The molecule has 0 saturated carbocycles. The van der Waals surface area contributed by atoms with Crippen molar-refractivity contribution in [2.24, 2.45) is 4.99 Å². The topological polar surface area (TPSA) is 30.8 Å². The Kier molecular flexibility index (Phi) is 5.69. The Morgan fingerprint density at radius 3 is 2.38 bits per heavy atom. The number of ether oxygens (including phenoxy) is 2. The van der Waals surface area contributed by atoms with Gasteiger partial charge in [0.2, 0.25) is 0 Å². The maximum atomic E-state index is 5.89. The lowest BCUT2D eigenvalue weighted by Gasteiger charge is -2.11. The number of methoxy groups -OCH3 is 1. The van der Waals surface area contributed by atoms with Crippen LogP contribution in [0.2, 0.25) is 0 Å². The lowest BCUT2D eigenvalue weighted by atomic mass is 10.1. The molecule has 3 rings (SSSR count). The van der Waals surface area contributed by atoms with Gasteiger partial charge in [0.25, 0.3) is 0 Å². The normalized spacial score (nSPS) is 10.9. The Balaban J connectivity index is 1.73. The number of aliphatic imine (C=N–C) groups is 1. The number of benzene rings is 3. The molecule has 0 radical (unpaired) electrons. The van der Waals surface area contributed by atoms with Crippen LogP contribution in [0, 0.1) is 13.8 Å². The molecular weight excluding hydrogens is 322 g/mol. The first-order chi connectivity index (χ1) is 12.7. The third-order valence-corrected chi connectivity index (χ3v) is 4.28. The molecule has 0 heterocycles. The van der Waals surface area contributed by atoms with Gasteiger partial charge in [-0.25, -0.2) is 0 Å². The van der Waals surface area contributed by atoms with Crippen LogP contribution in [-0.2, 0) is 6.61 Å². The fourth-order valence-corrected chi connectivity index (χ4v) is 2.57. The molecule has 0 unspecified atom stereocenters. The molecular formula is C23H23NO2. The average Bonchev–Trinajstić information content (AvgIpc) is 2.68. The molecule has 0 N–H and O–H groups in total. The van der Waals surface area contributed by atoms with Gasteiger partial charge in [0, 0.05) is 6.21 Å². The summed E-state index contributed by atoms with van der Waals surface area (Å²) in [4.78, 5) is 4.56. The smallest absolute Gasteiger partial charge is 0.161 e. The van der Waals surface area contributed by atoms with Gasteiger partial charge < -0.3 is 9.47 Å². The molecule has 0 saturated heterocycles. The van der Waals surface area contributed by atoms with Crippen molar-refractivity contribution >= 4 is 11.9 Å². The fraction of sp³-hybridized carbons (Fsp3) is 0.174. The summed E-state index contributed by atoms with van der Waals surface area (Å²) >= 11 is 0. The first-order valence-electron chi connectivity index (χ1n) is 8.62. The highest BCUT2D eigenvalue weighted by molar-refractivity contribution is 5.83. The number of rotatable bonds is 6. The first kappa shape index (κ1) is 17.7. The average molecular weight is 345 g/mol. The van der Waals surface area contributed by atoms with Gasteiger partial charge in [-0.05, 0) is 66.4 Å². The molecule has 3 heteroatoms. The van der Waals surface area contributed by atoms with E-state index in [-0.39, 0.29) is 0 Å². The predicted molar refractivity (Wildman–Crippen MR) is 107 cm³/mol. The second-order valence-electron chi connectivity index (χ2n) is 6.21. The van der Waals surface area contributed by atoms with Crippen LogP contribution >= 0.6 is 0 Å². The van der Waals surface area contributed by atoms with Gasteiger partial charge in [-0.2, -0.15) is 0 Å². The third-order valence-electron chi connectivity index (χ3n) is 4.28. The molecule has 0 aliphatic heterocycles. The van der Waals surface area contributed by atoms with Crippen LogP contribution in [0.1, 0.15) is 22.3 Å². The van der Waals surface area contributed by atoms with Crippen molar-refractivity contribution in [2.75, 3.05) is 7.11 Å². The van der Waals surface area contributed by atoms with E-state index in [4.69, 9.17) is 9.47 Å². The van der Waals surface area contributed by atoms with Crippen molar-refractivity contribution in [1.29, 1.82) is 0 Å². The maximum absolute atomic E-state index is 5.89. The third kappa shape index (κ3) is 4.51. The van der Waals surface area contributed by atoms with Crippen LogP contribution in [0.5, 0.6) is 11.5 Å². The molecule has 3 nitrogen and oxygen atoms in total. The molecule has 0 atom stereocenters.